The van der Waals surface area contributed by atoms with Gasteiger partial charge >= 0.3 is 5.97 Å². The van der Waals surface area contributed by atoms with Crippen molar-refractivity contribution in [1.29, 1.82) is 0 Å². The molecule has 1 aromatic heterocycles. The summed E-state index contributed by atoms with van der Waals surface area (Å²) < 4.78 is 5.10. The molecule has 2 aromatic rings. The number of carboxylic acids is 1. The molecule has 0 bridgehead atoms. The number of hydrogen-bond acceptors (Lipinski definition) is 5. The Balaban J connectivity index is 2.13. The van der Waals surface area contributed by atoms with E-state index in [1.807, 2.05) is 0 Å². The van der Waals surface area contributed by atoms with Crippen LogP contribution in [0.2, 0.25) is 0 Å². The Hall–Kier alpha value is -3.09. The summed E-state index contributed by atoms with van der Waals surface area (Å²) in [5.74, 6) is -1.28. The van der Waals surface area contributed by atoms with Gasteiger partial charge in [0.1, 0.15) is 11.4 Å². The molecule has 0 unspecified atom stereocenters. The zero-order chi connectivity index (χ0) is 15.2. The van der Waals surface area contributed by atoms with Gasteiger partial charge in [-0.15, -0.1) is 0 Å². The molecule has 7 nitrogen and oxygen atoms in total. The highest BCUT2D eigenvalue weighted by atomic mass is 16.5. The summed E-state index contributed by atoms with van der Waals surface area (Å²) in [5.41, 5.74) is 6.51. The van der Waals surface area contributed by atoms with E-state index >= 15 is 0 Å². The van der Waals surface area contributed by atoms with E-state index in [0.29, 0.717) is 11.4 Å². The van der Waals surface area contributed by atoms with Crippen LogP contribution in [0.25, 0.3) is 0 Å². The zero-order valence-corrected chi connectivity index (χ0v) is 10.9. The number of ether oxygens (including phenoxy) is 1. The highest BCUT2D eigenvalue weighted by Crippen LogP contribution is 2.24. The molecule has 0 spiro atoms. The average molecular weight is 287 g/mol. The molecule has 0 saturated heterocycles. The molecule has 0 saturated carbocycles. The van der Waals surface area contributed by atoms with Crippen molar-refractivity contribution in [2.24, 2.45) is 0 Å². The molecule has 0 radical (unpaired) electrons. The van der Waals surface area contributed by atoms with Gasteiger partial charge in [0.2, 0.25) is 0 Å². The maximum Gasteiger partial charge on any atom is 0.341 e. The Kier molecular flexibility index (Phi) is 4.35. The molecule has 1 amide bonds. The number of hydrogen-bond donors (Lipinski definition) is 3. The van der Waals surface area contributed by atoms with Crippen LogP contribution in [0.15, 0.2) is 42.6 Å². The number of rotatable bonds is 5. The van der Waals surface area contributed by atoms with Crippen molar-refractivity contribution < 1.29 is 19.4 Å². The van der Waals surface area contributed by atoms with Crippen LogP contribution in [0.1, 0.15) is 10.5 Å². The highest BCUT2D eigenvalue weighted by molar-refractivity contribution is 6.03. The van der Waals surface area contributed by atoms with Gasteiger partial charge in [0, 0.05) is 0 Å². The van der Waals surface area contributed by atoms with Crippen LogP contribution < -0.4 is 15.8 Å². The second-order valence-electron chi connectivity index (χ2n) is 4.11. The molecule has 2 rings (SSSR count). The summed E-state index contributed by atoms with van der Waals surface area (Å²) in [6.45, 7) is -0.493. The Morgan fingerprint density at radius 1 is 1.24 bits per heavy atom. The van der Waals surface area contributed by atoms with E-state index < -0.39 is 18.5 Å². The third-order valence-electron chi connectivity index (χ3n) is 2.51. The molecule has 4 N–H and O–H groups in total. The normalized spacial score (nSPS) is 9.90. The number of aromatic nitrogens is 1. The van der Waals surface area contributed by atoms with Crippen molar-refractivity contribution in [2.45, 2.75) is 0 Å². The van der Waals surface area contributed by atoms with Crippen molar-refractivity contribution in [1.82, 2.24) is 4.98 Å². The molecule has 1 heterocycles. The number of carbonyl (C=O) groups excluding carboxylic acids is 1. The first-order chi connectivity index (χ1) is 10.1. The number of carboxylic acid groups (broad SMARTS) is 1. The number of carbonyl (C=O) groups is 2. The lowest BCUT2D eigenvalue weighted by molar-refractivity contribution is -0.139. The van der Waals surface area contributed by atoms with Gasteiger partial charge in [0.05, 0.1) is 17.6 Å². The van der Waals surface area contributed by atoms with E-state index in [-0.39, 0.29) is 11.4 Å². The fraction of sp³-hybridized carbons (Fsp3) is 0.0714. The molecule has 21 heavy (non-hydrogen) atoms. The molecule has 108 valence electrons. The first-order valence-electron chi connectivity index (χ1n) is 6.03. The lowest BCUT2D eigenvalue weighted by Crippen LogP contribution is -2.16. The summed E-state index contributed by atoms with van der Waals surface area (Å²) in [7, 11) is 0. The van der Waals surface area contributed by atoms with Gasteiger partial charge < -0.3 is 20.9 Å². The molecule has 0 fully saturated rings. The maximum absolute atomic E-state index is 12.0. The number of aliphatic carboxylic acids is 1. The fourth-order valence-corrected chi connectivity index (χ4v) is 1.56. The van der Waals surface area contributed by atoms with Gasteiger partial charge in [0.15, 0.2) is 6.61 Å². The number of para-hydroxylation sites is 2. The highest BCUT2D eigenvalue weighted by Gasteiger charge is 2.11. The number of nitrogen functional groups attached to an aromatic ring is 1. The largest absolute Gasteiger partial charge is 0.480 e. The maximum atomic E-state index is 12.0. The van der Waals surface area contributed by atoms with Crippen LogP contribution in [-0.2, 0) is 4.79 Å². The number of nitrogens with one attached hydrogen (secondary N) is 1. The molecule has 0 aliphatic heterocycles. The Morgan fingerprint density at radius 2 is 2.00 bits per heavy atom. The smallest absolute Gasteiger partial charge is 0.341 e. The SMILES string of the molecule is Nc1ccc(C(=O)Nc2ccccc2OCC(=O)O)nc1. The second kappa shape index (κ2) is 6.38. The number of anilines is 2. The summed E-state index contributed by atoms with van der Waals surface area (Å²) in [5, 5.41) is 11.2. The van der Waals surface area contributed by atoms with Gasteiger partial charge in [-0.2, -0.15) is 0 Å². The van der Waals surface area contributed by atoms with E-state index in [9.17, 15) is 9.59 Å². The van der Waals surface area contributed by atoms with Crippen molar-refractivity contribution in [2.75, 3.05) is 17.7 Å². The summed E-state index contributed by atoms with van der Waals surface area (Å²) in [6, 6.07) is 9.59. The van der Waals surface area contributed by atoms with Crippen LogP contribution in [0.5, 0.6) is 5.75 Å². The van der Waals surface area contributed by atoms with Gasteiger partial charge in [-0.05, 0) is 24.3 Å². The number of amides is 1. The monoisotopic (exact) mass is 287 g/mol. The summed E-state index contributed by atoms with van der Waals surface area (Å²) >= 11 is 0. The third-order valence-corrected chi connectivity index (χ3v) is 2.51. The summed E-state index contributed by atoms with van der Waals surface area (Å²) in [6.07, 6.45) is 1.38. The standard InChI is InChI=1S/C14H13N3O4/c15-9-5-6-11(16-7-9)14(20)17-10-3-1-2-4-12(10)21-8-13(18)19/h1-7H,8,15H2,(H,17,20)(H,18,19). The first-order valence-corrected chi connectivity index (χ1v) is 6.03. The van der Waals surface area contributed by atoms with E-state index in [4.69, 9.17) is 15.6 Å². The average Bonchev–Trinajstić information content (AvgIpc) is 2.47. The molecular weight excluding hydrogens is 274 g/mol. The summed E-state index contributed by atoms with van der Waals surface area (Å²) in [4.78, 5) is 26.5. The minimum atomic E-state index is -1.10. The van der Waals surface area contributed by atoms with Crippen molar-refractivity contribution in [3.63, 3.8) is 0 Å². The van der Waals surface area contributed by atoms with Gasteiger partial charge in [-0.25, -0.2) is 9.78 Å². The van der Waals surface area contributed by atoms with Gasteiger partial charge in [0.25, 0.3) is 5.91 Å². The first kappa shape index (κ1) is 14.3. The number of benzene rings is 1. The predicted octanol–water partition coefficient (Wildman–Crippen LogP) is 1.38. The molecular formula is C14H13N3O4. The Bertz CT molecular complexity index is 656. The van der Waals surface area contributed by atoms with E-state index in [0.717, 1.165) is 0 Å². The number of pyridine rings is 1. The van der Waals surface area contributed by atoms with Crippen molar-refractivity contribution in [3.8, 4) is 5.75 Å². The molecule has 1 aromatic carbocycles. The fourth-order valence-electron chi connectivity index (χ4n) is 1.56. The minimum absolute atomic E-state index is 0.192. The van der Waals surface area contributed by atoms with E-state index in [1.165, 1.54) is 12.3 Å². The second-order valence-corrected chi connectivity index (χ2v) is 4.11. The lowest BCUT2D eigenvalue weighted by Gasteiger charge is -2.10. The van der Waals surface area contributed by atoms with Crippen LogP contribution in [0, 0.1) is 0 Å². The van der Waals surface area contributed by atoms with Crippen molar-refractivity contribution in [3.05, 3.63) is 48.3 Å². The van der Waals surface area contributed by atoms with Crippen LogP contribution >= 0.6 is 0 Å². The minimum Gasteiger partial charge on any atom is -0.480 e. The van der Waals surface area contributed by atoms with Crippen LogP contribution in [0.3, 0.4) is 0 Å². The van der Waals surface area contributed by atoms with Gasteiger partial charge in [-0.3, -0.25) is 4.79 Å². The van der Waals surface area contributed by atoms with E-state index in [1.54, 1.807) is 30.3 Å². The van der Waals surface area contributed by atoms with E-state index in [2.05, 4.69) is 10.3 Å². The third kappa shape index (κ3) is 3.93. The van der Waals surface area contributed by atoms with Crippen LogP contribution in [-0.4, -0.2) is 28.6 Å². The predicted molar refractivity (Wildman–Crippen MR) is 76.2 cm³/mol. The quantitative estimate of drug-likeness (QED) is 0.765. The van der Waals surface area contributed by atoms with Crippen molar-refractivity contribution >= 4 is 23.3 Å². The van der Waals surface area contributed by atoms with Crippen LogP contribution in [0.4, 0.5) is 11.4 Å². The van der Waals surface area contributed by atoms with Gasteiger partial charge in [-0.1, -0.05) is 12.1 Å². The lowest BCUT2D eigenvalue weighted by atomic mass is 10.2. The Labute approximate surface area is 120 Å². The number of nitrogens with two attached hydrogens (primary N) is 1. The molecule has 0 aliphatic carbocycles. The Morgan fingerprint density at radius 3 is 2.67 bits per heavy atom. The molecule has 0 atom stereocenters. The topological polar surface area (TPSA) is 115 Å². The molecule has 7 heteroatoms. The molecule has 0 aliphatic rings. The number of nitrogens with zero attached hydrogens (tertiary/aromatic N) is 1. The zero-order valence-electron chi connectivity index (χ0n) is 10.9.